The predicted octanol–water partition coefficient (Wildman–Crippen LogP) is 14.4. The number of allylic oxidation sites excluding steroid dienone is 15. The van der Waals surface area contributed by atoms with Crippen LogP contribution in [0.5, 0.6) is 0 Å². The fourth-order valence-electron chi connectivity index (χ4n) is 12.4. The van der Waals surface area contributed by atoms with Gasteiger partial charge in [-0.2, -0.15) is 0 Å². The minimum absolute atomic E-state index is 0.317. The molecule has 7 aliphatic carbocycles. The lowest BCUT2D eigenvalue weighted by Crippen LogP contribution is -2.49. The van der Waals surface area contributed by atoms with Crippen molar-refractivity contribution in [2.24, 2.45) is 23.7 Å². The molecule has 7 unspecified atom stereocenters. The second kappa shape index (κ2) is 15.2. The van der Waals surface area contributed by atoms with E-state index < -0.39 is 0 Å². The molecular weight excluding hydrogens is 751 g/mol. The Bertz CT molecular complexity index is 2500. The summed E-state index contributed by atoms with van der Waals surface area (Å²) in [6.07, 6.45) is 46.0. The SMILES string of the molecule is C1=CC(C2=CCC(N(C3=C4C=CCCC4C(C4=CC5Sc6ccccc6C5CC4)C=C3)[C@@H]3CCC=C4c5cccc(-c6ccccc6)c5S[C@@H]43)C=C2)C2CCC=CC2=C1. The molecule has 0 saturated heterocycles. The molecule has 2 heterocycles. The van der Waals surface area contributed by atoms with Gasteiger partial charge in [0.05, 0.1) is 11.3 Å². The first-order valence-corrected chi connectivity index (χ1v) is 24.3. The Morgan fingerprint density at radius 1 is 0.627 bits per heavy atom. The highest BCUT2D eigenvalue weighted by molar-refractivity contribution is 8.01. The Kier molecular flexibility index (Phi) is 9.40. The predicted molar refractivity (Wildman–Crippen MR) is 250 cm³/mol. The molecular formula is C56H53NS2. The van der Waals surface area contributed by atoms with Crippen molar-refractivity contribution in [3.63, 3.8) is 0 Å². The average molecular weight is 804 g/mol. The van der Waals surface area contributed by atoms with Crippen LogP contribution in [0.4, 0.5) is 0 Å². The first-order chi connectivity index (χ1) is 29.3. The number of benzene rings is 3. The van der Waals surface area contributed by atoms with E-state index in [-0.39, 0.29) is 0 Å². The van der Waals surface area contributed by atoms with E-state index in [0.717, 1.165) is 12.8 Å². The molecule has 0 fully saturated rings. The first kappa shape index (κ1) is 36.4. The fraction of sp³-hybridized carbons (Fsp3) is 0.321. The smallest absolute Gasteiger partial charge is 0.0551 e. The van der Waals surface area contributed by atoms with Gasteiger partial charge in [-0.1, -0.05) is 151 Å². The Morgan fingerprint density at radius 2 is 1.49 bits per heavy atom. The molecule has 12 rings (SSSR count). The van der Waals surface area contributed by atoms with Crippen LogP contribution in [0, 0.1) is 23.7 Å². The van der Waals surface area contributed by atoms with Crippen LogP contribution in [0.25, 0.3) is 16.7 Å². The van der Waals surface area contributed by atoms with Crippen LogP contribution < -0.4 is 0 Å². The van der Waals surface area contributed by atoms with Crippen molar-refractivity contribution >= 4 is 29.1 Å². The fourth-order valence-corrected chi connectivity index (χ4v) is 15.5. The van der Waals surface area contributed by atoms with Crippen LogP contribution in [-0.2, 0) is 0 Å². The van der Waals surface area contributed by atoms with Crippen molar-refractivity contribution in [2.75, 3.05) is 0 Å². The quantitative estimate of drug-likeness (QED) is 0.229. The highest BCUT2D eigenvalue weighted by atomic mass is 32.2. The van der Waals surface area contributed by atoms with Gasteiger partial charge < -0.3 is 4.90 Å². The molecule has 0 aromatic heterocycles. The van der Waals surface area contributed by atoms with Crippen molar-refractivity contribution in [2.45, 2.75) is 96.1 Å². The number of hydrogen-bond donors (Lipinski definition) is 0. The third kappa shape index (κ3) is 6.28. The van der Waals surface area contributed by atoms with Crippen molar-refractivity contribution in [1.29, 1.82) is 0 Å². The zero-order valence-electron chi connectivity index (χ0n) is 33.8. The van der Waals surface area contributed by atoms with Gasteiger partial charge in [-0.25, -0.2) is 0 Å². The lowest BCUT2D eigenvalue weighted by atomic mass is 9.69. The molecule has 0 saturated carbocycles. The van der Waals surface area contributed by atoms with E-state index in [9.17, 15) is 0 Å². The van der Waals surface area contributed by atoms with E-state index in [1.807, 2.05) is 0 Å². The van der Waals surface area contributed by atoms with Crippen LogP contribution >= 0.6 is 23.5 Å². The van der Waals surface area contributed by atoms with Crippen molar-refractivity contribution in [3.05, 3.63) is 197 Å². The van der Waals surface area contributed by atoms with Crippen LogP contribution in [-0.4, -0.2) is 27.5 Å². The summed E-state index contributed by atoms with van der Waals surface area (Å²) in [5, 5.41) is 0.974. The van der Waals surface area contributed by atoms with E-state index >= 15 is 0 Å². The number of thioether (sulfide) groups is 2. The number of nitrogens with zero attached hydrogens (tertiary/aromatic N) is 1. The third-order valence-electron chi connectivity index (χ3n) is 15.1. The summed E-state index contributed by atoms with van der Waals surface area (Å²) in [6, 6.07) is 28.0. The van der Waals surface area contributed by atoms with Crippen molar-refractivity contribution < 1.29 is 0 Å². The molecule has 0 radical (unpaired) electrons. The molecule has 3 aromatic carbocycles. The molecule has 294 valence electrons. The van der Waals surface area contributed by atoms with Crippen LogP contribution in [0.1, 0.15) is 74.8 Å². The Balaban J connectivity index is 0.907. The summed E-state index contributed by atoms with van der Waals surface area (Å²) in [6.45, 7) is 0. The van der Waals surface area contributed by atoms with Gasteiger partial charge in [0.2, 0.25) is 0 Å². The van der Waals surface area contributed by atoms with Gasteiger partial charge in [0, 0.05) is 44.5 Å². The molecule has 1 nitrogen and oxygen atoms in total. The minimum Gasteiger partial charge on any atom is -0.360 e. The standard InChI is InChI=1S/C56H53NS2/c1-2-13-37(14-3-1)44-22-11-23-49-50-24-12-25-52(56(50)59-55(44)49)57(40-30-27-38(28-31-40)42-21-10-16-36-15-4-5-17-41(36)42)51-34-33-43(45-18-6-7-19-46(45)51)39-29-32-48-47-20-8-9-26-53(47)58-54(48)35-39/h1-4,7-11,13-16,19-24,26-28,30,33-35,40-43,45,48,52,54,56H,5-6,12,17-18,25,29,31-32H2/t40?,41?,42?,43?,45?,48?,52-,54?,56+/m1/s1. The zero-order valence-corrected chi connectivity index (χ0v) is 35.5. The average Bonchev–Trinajstić information content (AvgIpc) is 3.88. The second-order valence-electron chi connectivity index (χ2n) is 18.1. The lowest BCUT2D eigenvalue weighted by Gasteiger charge is -2.47. The van der Waals surface area contributed by atoms with Crippen LogP contribution in [0.2, 0.25) is 0 Å². The normalized spacial score (nSPS) is 32.2. The van der Waals surface area contributed by atoms with Crippen LogP contribution in [0.15, 0.2) is 196 Å². The third-order valence-corrected chi connectivity index (χ3v) is 18.0. The molecule has 9 aliphatic rings. The Hall–Kier alpha value is -4.44. The molecule has 3 heteroatoms. The number of hydrogen-bond acceptors (Lipinski definition) is 3. The van der Waals surface area contributed by atoms with E-state index in [4.69, 9.17) is 0 Å². The van der Waals surface area contributed by atoms with E-state index in [1.165, 1.54) is 88.3 Å². The monoisotopic (exact) mass is 803 g/mol. The Labute approximate surface area is 359 Å². The summed E-state index contributed by atoms with van der Waals surface area (Å²) >= 11 is 4.26. The minimum atomic E-state index is 0.317. The highest BCUT2D eigenvalue weighted by Crippen LogP contribution is 2.57. The van der Waals surface area contributed by atoms with Gasteiger partial charge in [-0.05, 0) is 126 Å². The molecule has 9 atom stereocenters. The Morgan fingerprint density at radius 3 is 2.41 bits per heavy atom. The maximum Gasteiger partial charge on any atom is 0.0551 e. The maximum atomic E-state index is 2.97. The first-order valence-electron chi connectivity index (χ1n) is 22.6. The van der Waals surface area contributed by atoms with Crippen molar-refractivity contribution in [1.82, 2.24) is 4.90 Å². The van der Waals surface area contributed by atoms with E-state index in [0.29, 0.717) is 52.2 Å². The van der Waals surface area contributed by atoms with Gasteiger partial charge in [0.25, 0.3) is 0 Å². The van der Waals surface area contributed by atoms with Gasteiger partial charge in [-0.3, -0.25) is 0 Å². The summed E-state index contributed by atoms with van der Waals surface area (Å²) in [5.74, 6) is 2.77. The maximum absolute atomic E-state index is 2.97. The summed E-state index contributed by atoms with van der Waals surface area (Å²) in [5.41, 5.74) is 15.1. The summed E-state index contributed by atoms with van der Waals surface area (Å²) < 4.78 is 0. The van der Waals surface area contributed by atoms with Gasteiger partial charge >= 0.3 is 0 Å². The highest BCUT2D eigenvalue weighted by Gasteiger charge is 2.45. The zero-order chi connectivity index (χ0) is 38.9. The molecule has 0 amide bonds. The number of fused-ring (bicyclic) bond motifs is 8. The van der Waals surface area contributed by atoms with E-state index in [1.54, 1.807) is 22.3 Å². The van der Waals surface area contributed by atoms with Gasteiger partial charge in [0.1, 0.15) is 0 Å². The molecule has 3 aromatic rings. The second-order valence-corrected chi connectivity index (χ2v) is 20.5. The van der Waals surface area contributed by atoms with Crippen molar-refractivity contribution in [3.8, 4) is 11.1 Å². The number of rotatable bonds is 6. The summed E-state index contributed by atoms with van der Waals surface area (Å²) in [7, 11) is 0. The molecule has 59 heavy (non-hydrogen) atoms. The molecule has 0 bridgehead atoms. The van der Waals surface area contributed by atoms with Gasteiger partial charge in [0.15, 0.2) is 0 Å². The molecule has 0 spiro atoms. The topological polar surface area (TPSA) is 3.24 Å². The largest absolute Gasteiger partial charge is 0.360 e. The van der Waals surface area contributed by atoms with E-state index in [2.05, 4.69) is 186 Å². The lowest BCUT2D eigenvalue weighted by molar-refractivity contribution is 0.205. The van der Waals surface area contributed by atoms with Gasteiger partial charge in [-0.15, -0.1) is 23.5 Å². The van der Waals surface area contributed by atoms with Crippen LogP contribution in [0.3, 0.4) is 0 Å². The molecule has 0 N–H and O–H groups in total. The molecule has 2 aliphatic heterocycles. The summed E-state index contributed by atoms with van der Waals surface area (Å²) in [4.78, 5) is 5.94.